The molecule has 0 fully saturated rings. The molecule has 0 bridgehead atoms. The van der Waals surface area contributed by atoms with Crippen molar-refractivity contribution in [2.24, 2.45) is 5.92 Å². The van der Waals surface area contributed by atoms with Gasteiger partial charge in [-0.25, -0.2) is 0 Å². The van der Waals surface area contributed by atoms with Gasteiger partial charge in [-0.2, -0.15) is 11.3 Å². The monoisotopic (exact) mass is 315 g/mol. The molecule has 3 nitrogen and oxygen atoms in total. The van der Waals surface area contributed by atoms with E-state index >= 15 is 0 Å². The average molecular weight is 315 g/mol. The van der Waals surface area contributed by atoms with E-state index in [4.69, 9.17) is 0 Å². The number of nitrogens with zero attached hydrogens (tertiary/aromatic N) is 1. The fourth-order valence-electron chi connectivity index (χ4n) is 3.10. The van der Waals surface area contributed by atoms with Crippen LogP contribution in [-0.2, 0) is 0 Å². The smallest absolute Gasteiger partial charge is 0.261 e. The molecule has 1 aliphatic rings. The topological polar surface area (TPSA) is 37.4 Å². The maximum atomic E-state index is 12.6. The minimum Gasteiger partial charge on any atom is -0.274 e. The number of amides is 2. The summed E-state index contributed by atoms with van der Waals surface area (Å²) in [5.74, 6) is 0.161. The number of fused-ring (bicyclic) bond motifs is 2. The Morgan fingerprint density at radius 3 is 2.14 bits per heavy atom. The average Bonchev–Trinajstić information content (AvgIpc) is 3.07. The van der Waals surface area contributed by atoms with Crippen molar-refractivity contribution in [2.45, 2.75) is 39.5 Å². The van der Waals surface area contributed by atoms with Gasteiger partial charge in [-0.1, -0.05) is 33.1 Å². The molecule has 4 heteroatoms. The van der Waals surface area contributed by atoms with Gasteiger partial charge in [-0.15, -0.1) is 0 Å². The maximum Gasteiger partial charge on any atom is 0.261 e. The zero-order valence-corrected chi connectivity index (χ0v) is 13.9. The van der Waals surface area contributed by atoms with Crippen LogP contribution in [0.2, 0.25) is 0 Å². The Morgan fingerprint density at radius 2 is 1.64 bits per heavy atom. The van der Waals surface area contributed by atoms with E-state index in [0.717, 1.165) is 36.5 Å². The van der Waals surface area contributed by atoms with E-state index < -0.39 is 0 Å². The third-order valence-corrected chi connectivity index (χ3v) is 5.33. The standard InChI is InChI=1S/C18H21NO2S/c1-3-5-6-12(4-2)9-19-17(20)15-7-13-10-22-11-14(13)8-16(15)18(19)21/h7-8,10-12H,3-6,9H2,1-2H3. The second kappa shape index (κ2) is 6.21. The van der Waals surface area contributed by atoms with Crippen molar-refractivity contribution in [2.75, 3.05) is 6.54 Å². The Labute approximate surface area is 134 Å². The molecule has 2 aromatic rings. The van der Waals surface area contributed by atoms with Gasteiger partial charge in [-0.3, -0.25) is 14.5 Å². The fourth-order valence-corrected chi connectivity index (χ4v) is 3.87. The lowest BCUT2D eigenvalue weighted by atomic mass is 9.99. The highest BCUT2D eigenvalue weighted by Gasteiger charge is 2.36. The number of hydrogen-bond acceptors (Lipinski definition) is 3. The van der Waals surface area contributed by atoms with Crippen molar-refractivity contribution in [3.05, 3.63) is 34.0 Å². The van der Waals surface area contributed by atoms with Gasteiger partial charge in [0.05, 0.1) is 11.1 Å². The lowest BCUT2D eigenvalue weighted by Gasteiger charge is -2.21. The Bertz CT molecular complexity index is 669. The molecule has 1 aromatic heterocycles. The largest absolute Gasteiger partial charge is 0.274 e. The van der Waals surface area contributed by atoms with Gasteiger partial charge in [-0.05, 0) is 46.0 Å². The molecule has 0 saturated heterocycles. The predicted octanol–water partition coefficient (Wildman–Crippen LogP) is 4.71. The highest BCUT2D eigenvalue weighted by atomic mass is 32.1. The van der Waals surface area contributed by atoms with Crippen LogP contribution >= 0.6 is 11.3 Å². The summed E-state index contributed by atoms with van der Waals surface area (Å²) in [6.07, 6.45) is 4.38. The third kappa shape index (κ3) is 2.56. The van der Waals surface area contributed by atoms with Crippen molar-refractivity contribution in [3.63, 3.8) is 0 Å². The molecule has 116 valence electrons. The van der Waals surface area contributed by atoms with Crippen molar-refractivity contribution in [3.8, 4) is 0 Å². The molecule has 1 unspecified atom stereocenters. The van der Waals surface area contributed by atoms with E-state index in [1.165, 1.54) is 4.90 Å². The maximum absolute atomic E-state index is 12.6. The van der Waals surface area contributed by atoms with Crippen molar-refractivity contribution in [1.82, 2.24) is 4.90 Å². The van der Waals surface area contributed by atoms with Crippen molar-refractivity contribution < 1.29 is 9.59 Å². The van der Waals surface area contributed by atoms with Gasteiger partial charge in [0.2, 0.25) is 0 Å². The molecular weight excluding hydrogens is 294 g/mol. The van der Waals surface area contributed by atoms with E-state index in [1.54, 1.807) is 11.3 Å². The lowest BCUT2D eigenvalue weighted by Crippen LogP contribution is -2.34. The molecular formula is C18H21NO2S. The first-order valence-corrected chi connectivity index (χ1v) is 8.96. The highest BCUT2D eigenvalue weighted by molar-refractivity contribution is 7.09. The van der Waals surface area contributed by atoms with Crippen LogP contribution in [0.25, 0.3) is 10.8 Å². The van der Waals surface area contributed by atoms with E-state index in [-0.39, 0.29) is 11.8 Å². The number of imide groups is 1. The predicted molar refractivity (Wildman–Crippen MR) is 90.5 cm³/mol. The van der Waals surface area contributed by atoms with Gasteiger partial charge < -0.3 is 0 Å². The molecule has 22 heavy (non-hydrogen) atoms. The summed E-state index contributed by atoms with van der Waals surface area (Å²) in [4.78, 5) is 26.7. The second-order valence-corrected chi connectivity index (χ2v) is 6.78. The Morgan fingerprint density at radius 1 is 1.05 bits per heavy atom. The SMILES string of the molecule is CCCCC(CC)CN1C(=O)c2cc3cscc3cc2C1=O. The fraction of sp³-hybridized carbons (Fsp3) is 0.444. The summed E-state index contributed by atoms with van der Waals surface area (Å²) in [7, 11) is 0. The van der Waals surface area contributed by atoms with E-state index in [0.29, 0.717) is 23.6 Å². The first-order valence-electron chi connectivity index (χ1n) is 8.01. The number of thiophene rings is 1. The zero-order valence-electron chi connectivity index (χ0n) is 13.1. The Hall–Kier alpha value is -1.68. The van der Waals surface area contributed by atoms with Gasteiger partial charge in [0.15, 0.2) is 0 Å². The van der Waals surface area contributed by atoms with Crippen LogP contribution in [0.15, 0.2) is 22.9 Å². The minimum absolute atomic E-state index is 0.122. The van der Waals surface area contributed by atoms with Gasteiger partial charge in [0.25, 0.3) is 11.8 Å². The van der Waals surface area contributed by atoms with Crippen LogP contribution in [0.4, 0.5) is 0 Å². The molecule has 1 atom stereocenters. The zero-order chi connectivity index (χ0) is 15.7. The van der Waals surface area contributed by atoms with Crippen molar-refractivity contribution >= 4 is 33.9 Å². The van der Waals surface area contributed by atoms with E-state index in [1.807, 2.05) is 22.9 Å². The summed E-state index contributed by atoms with van der Waals surface area (Å²) in [6.45, 7) is 4.85. The molecule has 0 saturated carbocycles. The van der Waals surface area contributed by atoms with Gasteiger partial charge >= 0.3 is 0 Å². The van der Waals surface area contributed by atoms with Crippen LogP contribution in [0, 0.1) is 5.92 Å². The van der Waals surface area contributed by atoms with Crippen LogP contribution in [-0.4, -0.2) is 23.3 Å². The number of hydrogen-bond donors (Lipinski definition) is 0. The summed E-state index contributed by atoms with van der Waals surface area (Å²) in [5.41, 5.74) is 1.14. The highest BCUT2D eigenvalue weighted by Crippen LogP contribution is 2.30. The number of carbonyl (C=O) groups is 2. The molecule has 0 spiro atoms. The number of carbonyl (C=O) groups excluding carboxylic acids is 2. The molecule has 0 aliphatic carbocycles. The van der Waals surface area contributed by atoms with E-state index in [9.17, 15) is 9.59 Å². The molecule has 2 heterocycles. The molecule has 0 N–H and O–H groups in total. The van der Waals surface area contributed by atoms with E-state index in [2.05, 4.69) is 13.8 Å². The molecule has 2 amide bonds. The van der Waals surface area contributed by atoms with Crippen LogP contribution in [0.5, 0.6) is 0 Å². The Kier molecular flexibility index (Phi) is 4.30. The quantitative estimate of drug-likeness (QED) is 0.724. The van der Waals surface area contributed by atoms with Gasteiger partial charge in [0, 0.05) is 6.54 Å². The first kappa shape index (κ1) is 15.2. The molecule has 1 aromatic carbocycles. The Balaban J connectivity index is 1.86. The van der Waals surface area contributed by atoms with Crippen LogP contribution in [0.3, 0.4) is 0 Å². The summed E-state index contributed by atoms with van der Waals surface area (Å²) < 4.78 is 0. The summed E-state index contributed by atoms with van der Waals surface area (Å²) >= 11 is 1.60. The normalized spacial score (nSPS) is 15.6. The molecule has 1 aliphatic heterocycles. The first-order chi connectivity index (χ1) is 10.7. The number of unbranched alkanes of at least 4 members (excludes halogenated alkanes) is 1. The lowest BCUT2D eigenvalue weighted by molar-refractivity contribution is 0.0624. The summed E-state index contributed by atoms with van der Waals surface area (Å²) in [6, 6.07) is 3.74. The summed E-state index contributed by atoms with van der Waals surface area (Å²) in [5, 5.41) is 6.13. The molecule has 0 radical (unpaired) electrons. The van der Waals surface area contributed by atoms with Crippen molar-refractivity contribution in [1.29, 1.82) is 0 Å². The number of rotatable bonds is 6. The minimum atomic E-state index is -0.122. The van der Waals surface area contributed by atoms with Crippen LogP contribution < -0.4 is 0 Å². The molecule has 3 rings (SSSR count). The second-order valence-electron chi connectivity index (χ2n) is 6.04. The van der Waals surface area contributed by atoms with Gasteiger partial charge in [0.1, 0.15) is 0 Å². The third-order valence-electron chi connectivity index (χ3n) is 4.55. The number of benzene rings is 1. The van der Waals surface area contributed by atoms with Crippen LogP contribution in [0.1, 0.15) is 60.2 Å².